The van der Waals surface area contributed by atoms with Gasteiger partial charge in [0.25, 0.3) is 5.91 Å². The number of nitrogens with one attached hydrogen (secondary N) is 3. The number of guanidine groups is 1. The molecule has 2 amide bonds. The summed E-state index contributed by atoms with van der Waals surface area (Å²) in [4.78, 5) is 29.7. The van der Waals surface area contributed by atoms with Crippen molar-refractivity contribution >= 4 is 17.8 Å². The van der Waals surface area contributed by atoms with Crippen LogP contribution in [-0.2, 0) is 24.9 Å². The highest BCUT2D eigenvalue weighted by Gasteiger charge is 2.22. The predicted molar refractivity (Wildman–Crippen MR) is 106 cm³/mol. The van der Waals surface area contributed by atoms with Crippen LogP contribution < -0.4 is 16.0 Å². The van der Waals surface area contributed by atoms with E-state index in [1.807, 2.05) is 29.9 Å². The molecule has 1 aliphatic rings. The van der Waals surface area contributed by atoms with Gasteiger partial charge in [0, 0.05) is 45.5 Å². The molecule has 0 radical (unpaired) electrons. The molecular formula is C19H25N7O2. The van der Waals surface area contributed by atoms with E-state index in [1.165, 1.54) is 0 Å². The van der Waals surface area contributed by atoms with E-state index in [9.17, 15) is 9.59 Å². The smallest absolute Gasteiger partial charge is 0.254 e. The number of rotatable bonds is 5. The van der Waals surface area contributed by atoms with Crippen molar-refractivity contribution in [3.8, 4) is 0 Å². The average Bonchev–Trinajstić information content (AvgIpc) is 3.13. The van der Waals surface area contributed by atoms with E-state index < -0.39 is 0 Å². The van der Waals surface area contributed by atoms with Gasteiger partial charge in [0.05, 0.1) is 18.8 Å². The molecule has 148 valence electrons. The molecule has 1 fully saturated rings. The van der Waals surface area contributed by atoms with Gasteiger partial charge < -0.3 is 20.9 Å². The Morgan fingerprint density at radius 3 is 2.61 bits per heavy atom. The van der Waals surface area contributed by atoms with Gasteiger partial charge in [-0.3, -0.25) is 19.3 Å². The van der Waals surface area contributed by atoms with Crippen LogP contribution in [0.3, 0.4) is 0 Å². The first-order valence-electron chi connectivity index (χ1n) is 9.13. The average molecular weight is 383 g/mol. The Morgan fingerprint density at radius 2 is 1.96 bits per heavy atom. The minimum atomic E-state index is -0.122. The quantitative estimate of drug-likeness (QED) is 0.492. The Morgan fingerprint density at radius 1 is 1.21 bits per heavy atom. The first kappa shape index (κ1) is 19.4. The third-order valence-corrected chi connectivity index (χ3v) is 4.57. The zero-order valence-electron chi connectivity index (χ0n) is 16.1. The van der Waals surface area contributed by atoms with Crippen LogP contribution in [0.25, 0.3) is 0 Å². The van der Waals surface area contributed by atoms with E-state index in [0.717, 1.165) is 11.3 Å². The summed E-state index contributed by atoms with van der Waals surface area (Å²) in [6, 6.07) is 9.33. The molecule has 1 saturated heterocycles. The zero-order chi connectivity index (χ0) is 19.9. The normalized spacial score (nSPS) is 14.6. The number of aliphatic imine (C=N–C) groups is 1. The second kappa shape index (κ2) is 9.03. The highest BCUT2D eigenvalue weighted by atomic mass is 16.2. The number of aromatic nitrogens is 2. The van der Waals surface area contributed by atoms with E-state index in [0.29, 0.717) is 37.7 Å². The van der Waals surface area contributed by atoms with Crippen LogP contribution in [0.4, 0.5) is 0 Å². The first-order chi connectivity index (χ1) is 13.6. The van der Waals surface area contributed by atoms with Crippen LogP contribution in [0.1, 0.15) is 21.6 Å². The van der Waals surface area contributed by atoms with Gasteiger partial charge in [0.1, 0.15) is 0 Å². The maximum Gasteiger partial charge on any atom is 0.254 e. The Labute approximate surface area is 163 Å². The number of aryl methyl sites for hydroxylation is 1. The lowest BCUT2D eigenvalue weighted by atomic mass is 10.1. The number of amides is 2. The standard InChI is InChI=1S/C19H25N7O2/c1-20-19(23-12-16-7-8-24-25(16)2)22-11-14-3-5-15(6-4-14)18(28)26-10-9-21-17(27)13-26/h3-8H,9-13H2,1-2H3,(H,21,27)(H2,20,22,23). The first-order valence-corrected chi connectivity index (χ1v) is 9.13. The van der Waals surface area contributed by atoms with Gasteiger partial charge >= 0.3 is 0 Å². The van der Waals surface area contributed by atoms with Gasteiger partial charge in [-0.2, -0.15) is 5.10 Å². The van der Waals surface area contributed by atoms with Gasteiger partial charge in [0.2, 0.25) is 5.91 Å². The third-order valence-electron chi connectivity index (χ3n) is 4.57. The van der Waals surface area contributed by atoms with Crippen molar-refractivity contribution in [2.24, 2.45) is 12.0 Å². The monoisotopic (exact) mass is 383 g/mol. The molecular weight excluding hydrogens is 358 g/mol. The van der Waals surface area contributed by atoms with Crippen molar-refractivity contribution in [3.63, 3.8) is 0 Å². The summed E-state index contributed by atoms with van der Waals surface area (Å²) in [5.41, 5.74) is 2.66. The van der Waals surface area contributed by atoms with Crippen LogP contribution in [-0.4, -0.2) is 59.1 Å². The highest BCUT2D eigenvalue weighted by Crippen LogP contribution is 2.09. The fraction of sp³-hybridized carbons (Fsp3) is 0.368. The van der Waals surface area contributed by atoms with E-state index in [-0.39, 0.29) is 18.4 Å². The van der Waals surface area contributed by atoms with Crippen LogP contribution in [0.15, 0.2) is 41.5 Å². The van der Waals surface area contributed by atoms with E-state index in [2.05, 4.69) is 26.0 Å². The Hall–Kier alpha value is -3.36. The molecule has 9 nitrogen and oxygen atoms in total. The molecule has 3 N–H and O–H groups in total. The Kier molecular flexibility index (Phi) is 6.25. The van der Waals surface area contributed by atoms with Crippen LogP contribution >= 0.6 is 0 Å². The highest BCUT2D eigenvalue weighted by molar-refractivity contribution is 5.97. The lowest BCUT2D eigenvalue weighted by molar-refractivity contribution is -0.123. The fourth-order valence-electron chi connectivity index (χ4n) is 2.92. The molecule has 2 aromatic rings. The summed E-state index contributed by atoms with van der Waals surface area (Å²) in [6.07, 6.45) is 1.76. The molecule has 1 aromatic carbocycles. The van der Waals surface area contributed by atoms with Crippen molar-refractivity contribution in [2.45, 2.75) is 13.1 Å². The van der Waals surface area contributed by atoms with Gasteiger partial charge in [-0.25, -0.2) is 0 Å². The summed E-state index contributed by atoms with van der Waals surface area (Å²) < 4.78 is 1.81. The van der Waals surface area contributed by atoms with E-state index in [1.54, 1.807) is 30.3 Å². The molecule has 3 rings (SSSR count). The number of carbonyl (C=O) groups is 2. The van der Waals surface area contributed by atoms with Crippen molar-refractivity contribution in [2.75, 3.05) is 26.7 Å². The third kappa shape index (κ3) is 4.87. The number of nitrogens with zero attached hydrogens (tertiary/aromatic N) is 4. The predicted octanol–water partition coefficient (Wildman–Crippen LogP) is -0.143. The summed E-state index contributed by atoms with van der Waals surface area (Å²) in [7, 11) is 3.61. The molecule has 0 unspecified atom stereocenters. The topological polar surface area (TPSA) is 104 Å². The van der Waals surface area contributed by atoms with Crippen molar-refractivity contribution in [3.05, 3.63) is 53.3 Å². The fourth-order valence-corrected chi connectivity index (χ4v) is 2.92. The summed E-state index contributed by atoms with van der Waals surface area (Å²) in [6.45, 7) is 2.34. The number of carbonyl (C=O) groups excluding carboxylic acids is 2. The zero-order valence-corrected chi connectivity index (χ0v) is 16.1. The largest absolute Gasteiger partial charge is 0.353 e. The molecule has 2 heterocycles. The Bertz CT molecular complexity index is 857. The van der Waals surface area contributed by atoms with Crippen LogP contribution in [0.2, 0.25) is 0 Å². The van der Waals surface area contributed by atoms with Crippen LogP contribution in [0.5, 0.6) is 0 Å². The summed E-state index contributed by atoms with van der Waals surface area (Å²) >= 11 is 0. The molecule has 28 heavy (non-hydrogen) atoms. The van der Waals surface area contributed by atoms with Gasteiger partial charge in [-0.15, -0.1) is 0 Å². The SMILES string of the molecule is CN=C(NCc1ccc(C(=O)N2CCNC(=O)C2)cc1)NCc1ccnn1C. The van der Waals surface area contributed by atoms with Crippen molar-refractivity contribution < 1.29 is 9.59 Å². The maximum absolute atomic E-state index is 12.5. The summed E-state index contributed by atoms with van der Waals surface area (Å²) in [5, 5.41) is 13.3. The Balaban J connectivity index is 1.51. The number of hydrogen-bond donors (Lipinski definition) is 3. The molecule has 0 bridgehead atoms. The van der Waals surface area contributed by atoms with E-state index >= 15 is 0 Å². The minimum Gasteiger partial charge on any atom is -0.353 e. The molecule has 1 aliphatic heterocycles. The van der Waals surface area contributed by atoms with Gasteiger partial charge in [-0.05, 0) is 23.8 Å². The van der Waals surface area contributed by atoms with Crippen molar-refractivity contribution in [1.29, 1.82) is 0 Å². The minimum absolute atomic E-state index is 0.112. The molecule has 0 spiro atoms. The van der Waals surface area contributed by atoms with Gasteiger partial charge in [-0.1, -0.05) is 12.1 Å². The number of piperazine rings is 1. The molecule has 1 aromatic heterocycles. The molecule has 0 atom stereocenters. The maximum atomic E-state index is 12.5. The summed E-state index contributed by atoms with van der Waals surface area (Å²) in [5.74, 6) is 0.439. The molecule has 9 heteroatoms. The van der Waals surface area contributed by atoms with Crippen molar-refractivity contribution in [1.82, 2.24) is 30.6 Å². The number of hydrogen-bond acceptors (Lipinski definition) is 4. The lowest BCUT2D eigenvalue weighted by Gasteiger charge is -2.26. The number of benzene rings is 1. The van der Waals surface area contributed by atoms with Gasteiger partial charge in [0.15, 0.2) is 5.96 Å². The second-order valence-corrected chi connectivity index (χ2v) is 6.50. The molecule has 0 saturated carbocycles. The van der Waals surface area contributed by atoms with Crippen LogP contribution in [0, 0.1) is 0 Å². The van der Waals surface area contributed by atoms with E-state index in [4.69, 9.17) is 0 Å². The second-order valence-electron chi connectivity index (χ2n) is 6.50. The molecule has 0 aliphatic carbocycles. The lowest BCUT2D eigenvalue weighted by Crippen LogP contribution is -2.49.